The molecule has 0 bridgehead atoms. The number of Topliss-reactive ketones (excluding diaryl/α,β-unsaturated/α-hetero) is 1. The molecular formula is C15H17NO3S2. The molecule has 1 heterocycles. The summed E-state index contributed by atoms with van der Waals surface area (Å²) in [6.07, 6.45) is 0.349. The van der Waals surface area contributed by atoms with Gasteiger partial charge in [-0.1, -0.05) is 19.1 Å². The second-order valence-electron chi connectivity index (χ2n) is 4.70. The predicted octanol–water partition coefficient (Wildman–Crippen LogP) is 3.38. The molecule has 21 heavy (non-hydrogen) atoms. The molecule has 4 nitrogen and oxygen atoms in total. The van der Waals surface area contributed by atoms with Gasteiger partial charge in [0.1, 0.15) is 0 Å². The standard InChI is InChI=1S/C15H17NO3S2/c1-3-15(17)12-5-4-6-14(9-12)21(18,19)16-11(2)13-7-8-20-10-13/h4-11,16H,3H2,1-2H3. The summed E-state index contributed by atoms with van der Waals surface area (Å²) in [5.41, 5.74) is 1.34. The van der Waals surface area contributed by atoms with Gasteiger partial charge in [-0.3, -0.25) is 4.79 Å². The normalized spacial score (nSPS) is 13.0. The monoisotopic (exact) mass is 323 g/mol. The van der Waals surface area contributed by atoms with Gasteiger partial charge in [-0.25, -0.2) is 13.1 Å². The smallest absolute Gasteiger partial charge is 0.241 e. The summed E-state index contributed by atoms with van der Waals surface area (Å²) in [6, 6.07) is 7.71. The van der Waals surface area contributed by atoms with Crippen molar-refractivity contribution in [3.05, 3.63) is 52.2 Å². The molecule has 0 fully saturated rings. The van der Waals surface area contributed by atoms with Gasteiger partial charge in [0.2, 0.25) is 10.0 Å². The summed E-state index contributed by atoms with van der Waals surface area (Å²) in [6.45, 7) is 3.54. The molecular weight excluding hydrogens is 306 g/mol. The number of nitrogens with one attached hydrogen (secondary N) is 1. The number of benzene rings is 1. The van der Waals surface area contributed by atoms with Crippen LogP contribution in [-0.4, -0.2) is 14.2 Å². The van der Waals surface area contributed by atoms with Gasteiger partial charge in [0.15, 0.2) is 5.78 Å². The molecule has 0 radical (unpaired) electrons. The zero-order chi connectivity index (χ0) is 15.5. The third-order valence-corrected chi connectivity index (χ3v) is 5.40. The number of rotatable bonds is 6. The minimum Gasteiger partial charge on any atom is -0.294 e. The highest BCUT2D eigenvalue weighted by atomic mass is 32.2. The molecule has 1 atom stereocenters. The highest BCUT2D eigenvalue weighted by Crippen LogP contribution is 2.20. The van der Waals surface area contributed by atoms with Gasteiger partial charge >= 0.3 is 0 Å². The van der Waals surface area contributed by atoms with E-state index in [-0.39, 0.29) is 16.7 Å². The van der Waals surface area contributed by atoms with Crippen LogP contribution in [0, 0.1) is 0 Å². The first-order chi connectivity index (χ1) is 9.94. The SMILES string of the molecule is CCC(=O)c1cccc(S(=O)(=O)NC(C)c2ccsc2)c1. The number of thiophene rings is 1. The zero-order valence-electron chi connectivity index (χ0n) is 11.9. The van der Waals surface area contributed by atoms with Crippen LogP contribution in [0.25, 0.3) is 0 Å². The Hall–Kier alpha value is -1.50. The lowest BCUT2D eigenvalue weighted by molar-refractivity contribution is 0.0988. The summed E-state index contributed by atoms with van der Waals surface area (Å²) in [4.78, 5) is 11.8. The Labute approximate surface area is 128 Å². The van der Waals surface area contributed by atoms with E-state index in [0.717, 1.165) is 5.56 Å². The average molecular weight is 323 g/mol. The third kappa shape index (κ3) is 3.78. The molecule has 0 spiro atoms. The van der Waals surface area contributed by atoms with Gasteiger partial charge in [0.25, 0.3) is 0 Å². The van der Waals surface area contributed by atoms with E-state index in [1.165, 1.54) is 23.5 Å². The fourth-order valence-electron chi connectivity index (χ4n) is 1.93. The highest BCUT2D eigenvalue weighted by molar-refractivity contribution is 7.89. The Balaban J connectivity index is 2.25. The predicted molar refractivity (Wildman–Crippen MR) is 84.1 cm³/mol. The molecule has 1 unspecified atom stereocenters. The Morgan fingerprint density at radius 3 is 2.71 bits per heavy atom. The lowest BCUT2D eigenvalue weighted by Crippen LogP contribution is -2.26. The number of hydrogen-bond donors (Lipinski definition) is 1. The molecule has 0 aliphatic carbocycles. The summed E-state index contributed by atoms with van der Waals surface area (Å²) in [5, 5.41) is 3.81. The van der Waals surface area contributed by atoms with Crippen molar-refractivity contribution in [2.45, 2.75) is 31.2 Å². The molecule has 1 N–H and O–H groups in total. The van der Waals surface area contributed by atoms with Gasteiger partial charge in [-0.2, -0.15) is 11.3 Å². The Morgan fingerprint density at radius 2 is 2.10 bits per heavy atom. The molecule has 1 aromatic carbocycles. The average Bonchev–Trinajstić information content (AvgIpc) is 3.00. The third-order valence-electron chi connectivity index (χ3n) is 3.16. The van der Waals surface area contributed by atoms with Crippen LogP contribution in [-0.2, 0) is 10.0 Å². The van der Waals surface area contributed by atoms with E-state index in [1.54, 1.807) is 26.0 Å². The van der Waals surface area contributed by atoms with Crippen LogP contribution in [0.3, 0.4) is 0 Å². The summed E-state index contributed by atoms with van der Waals surface area (Å²) in [5.74, 6) is -0.0714. The summed E-state index contributed by atoms with van der Waals surface area (Å²) in [7, 11) is -3.65. The first-order valence-electron chi connectivity index (χ1n) is 6.61. The van der Waals surface area contributed by atoms with E-state index in [1.807, 2.05) is 16.8 Å². The molecule has 1 aromatic heterocycles. The van der Waals surface area contributed by atoms with Crippen LogP contribution in [0.1, 0.15) is 42.2 Å². The van der Waals surface area contributed by atoms with Crippen molar-refractivity contribution in [3.8, 4) is 0 Å². The molecule has 0 saturated heterocycles. The maximum atomic E-state index is 12.4. The Bertz CT molecular complexity index is 721. The molecule has 6 heteroatoms. The van der Waals surface area contributed by atoms with Gasteiger partial charge in [0.05, 0.1) is 4.90 Å². The van der Waals surface area contributed by atoms with Crippen molar-refractivity contribution in [1.82, 2.24) is 4.72 Å². The summed E-state index contributed by atoms with van der Waals surface area (Å²) >= 11 is 1.52. The first kappa shape index (κ1) is 15.9. The number of carbonyl (C=O) groups is 1. The Kier molecular flexibility index (Phi) is 4.92. The van der Waals surface area contributed by atoms with Crippen molar-refractivity contribution in [1.29, 1.82) is 0 Å². The maximum Gasteiger partial charge on any atom is 0.241 e. The molecule has 0 amide bonds. The molecule has 2 rings (SSSR count). The van der Waals surface area contributed by atoms with Crippen LogP contribution < -0.4 is 4.72 Å². The second-order valence-corrected chi connectivity index (χ2v) is 7.20. The van der Waals surface area contributed by atoms with E-state index >= 15 is 0 Å². The van der Waals surface area contributed by atoms with Crippen LogP contribution in [0.4, 0.5) is 0 Å². The van der Waals surface area contributed by atoms with Gasteiger partial charge in [-0.05, 0) is 41.4 Å². The lowest BCUT2D eigenvalue weighted by Gasteiger charge is -2.13. The van der Waals surface area contributed by atoms with Gasteiger partial charge in [0, 0.05) is 18.0 Å². The van der Waals surface area contributed by atoms with Crippen LogP contribution in [0.5, 0.6) is 0 Å². The maximum absolute atomic E-state index is 12.4. The molecule has 0 aliphatic heterocycles. The lowest BCUT2D eigenvalue weighted by atomic mass is 10.1. The summed E-state index contributed by atoms with van der Waals surface area (Å²) < 4.78 is 27.4. The van der Waals surface area contributed by atoms with Crippen molar-refractivity contribution in [3.63, 3.8) is 0 Å². The van der Waals surface area contributed by atoms with Crippen LogP contribution in [0.15, 0.2) is 46.0 Å². The van der Waals surface area contributed by atoms with Gasteiger partial charge in [-0.15, -0.1) is 0 Å². The largest absolute Gasteiger partial charge is 0.294 e. The second kappa shape index (κ2) is 6.51. The van der Waals surface area contributed by atoms with E-state index < -0.39 is 10.0 Å². The first-order valence-corrected chi connectivity index (χ1v) is 9.04. The van der Waals surface area contributed by atoms with Gasteiger partial charge < -0.3 is 0 Å². The van der Waals surface area contributed by atoms with E-state index in [2.05, 4.69) is 4.72 Å². The fourth-order valence-corrected chi connectivity index (χ4v) is 3.96. The number of ketones is 1. The molecule has 0 aliphatic rings. The van der Waals surface area contributed by atoms with Crippen molar-refractivity contribution in [2.75, 3.05) is 0 Å². The fraction of sp³-hybridized carbons (Fsp3) is 0.267. The number of sulfonamides is 1. The van der Waals surface area contributed by atoms with E-state index in [0.29, 0.717) is 12.0 Å². The highest BCUT2D eigenvalue weighted by Gasteiger charge is 2.19. The zero-order valence-corrected chi connectivity index (χ0v) is 13.5. The topological polar surface area (TPSA) is 63.2 Å². The van der Waals surface area contributed by atoms with Crippen LogP contribution >= 0.6 is 11.3 Å². The minimum absolute atomic E-state index is 0.0714. The van der Waals surface area contributed by atoms with Crippen molar-refractivity contribution < 1.29 is 13.2 Å². The van der Waals surface area contributed by atoms with Crippen molar-refractivity contribution in [2.24, 2.45) is 0 Å². The molecule has 0 saturated carbocycles. The van der Waals surface area contributed by atoms with E-state index in [9.17, 15) is 13.2 Å². The minimum atomic E-state index is -3.65. The Morgan fingerprint density at radius 1 is 1.33 bits per heavy atom. The van der Waals surface area contributed by atoms with E-state index in [4.69, 9.17) is 0 Å². The van der Waals surface area contributed by atoms with Crippen molar-refractivity contribution >= 4 is 27.1 Å². The number of carbonyl (C=O) groups excluding carboxylic acids is 1. The molecule has 2 aromatic rings. The quantitative estimate of drug-likeness (QED) is 0.829. The van der Waals surface area contributed by atoms with Crippen LogP contribution in [0.2, 0.25) is 0 Å². The number of hydrogen-bond acceptors (Lipinski definition) is 4. The molecule has 112 valence electrons.